The summed E-state index contributed by atoms with van der Waals surface area (Å²) in [6, 6.07) is 8.42. The normalized spacial score (nSPS) is 17.5. The fourth-order valence-corrected chi connectivity index (χ4v) is 1.97. The van der Waals surface area contributed by atoms with Gasteiger partial charge in [-0.05, 0) is 11.4 Å². The minimum atomic E-state index is 0.846. The van der Waals surface area contributed by atoms with Crippen LogP contribution in [0.3, 0.4) is 0 Å². The zero-order valence-corrected chi connectivity index (χ0v) is 8.73. The molecule has 0 amide bonds. The van der Waals surface area contributed by atoms with E-state index < -0.39 is 0 Å². The van der Waals surface area contributed by atoms with Crippen LogP contribution in [0.1, 0.15) is 0 Å². The van der Waals surface area contributed by atoms with E-state index in [0.29, 0.717) is 0 Å². The molecule has 1 unspecified atom stereocenters. The minimum Gasteiger partial charge on any atom is -0.378 e. The average molecular weight is 195 g/mol. The quantitative estimate of drug-likeness (QED) is 0.620. The van der Waals surface area contributed by atoms with Crippen molar-refractivity contribution >= 4 is 20.2 Å². The van der Waals surface area contributed by atoms with Crippen molar-refractivity contribution in [3.63, 3.8) is 0 Å². The van der Waals surface area contributed by atoms with Crippen LogP contribution >= 0.6 is 9.24 Å². The summed E-state index contributed by atoms with van der Waals surface area (Å²) in [4.78, 5) is 2.37. The minimum absolute atomic E-state index is 0.846. The lowest BCUT2D eigenvalue weighted by Gasteiger charge is -2.29. The molecule has 1 aliphatic heterocycles. The SMILES string of the molecule is Pc1ccccc1N1CCOCC1. The molecule has 0 spiro atoms. The van der Waals surface area contributed by atoms with E-state index >= 15 is 0 Å². The third kappa shape index (κ3) is 2.01. The molecule has 1 saturated heterocycles. The largest absolute Gasteiger partial charge is 0.378 e. The van der Waals surface area contributed by atoms with Crippen LogP contribution in [0.15, 0.2) is 24.3 Å². The molecule has 1 atom stereocenters. The Kier molecular flexibility index (Phi) is 2.82. The molecule has 2 rings (SSSR count). The van der Waals surface area contributed by atoms with Gasteiger partial charge >= 0.3 is 0 Å². The van der Waals surface area contributed by atoms with Gasteiger partial charge in [-0.25, -0.2) is 0 Å². The number of morpholine rings is 1. The topological polar surface area (TPSA) is 12.5 Å². The summed E-state index contributed by atoms with van der Waals surface area (Å²) in [5, 5.41) is 1.27. The molecule has 1 aromatic rings. The smallest absolute Gasteiger partial charge is 0.0642 e. The Bertz CT molecular complexity index is 284. The predicted molar refractivity (Wildman–Crippen MR) is 58.8 cm³/mol. The van der Waals surface area contributed by atoms with E-state index in [2.05, 4.69) is 38.4 Å². The van der Waals surface area contributed by atoms with Gasteiger partial charge in [-0.3, -0.25) is 0 Å². The number of hydrogen-bond donors (Lipinski definition) is 0. The maximum atomic E-state index is 5.31. The van der Waals surface area contributed by atoms with Crippen molar-refractivity contribution in [2.45, 2.75) is 0 Å². The number of rotatable bonds is 1. The van der Waals surface area contributed by atoms with Gasteiger partial charge in [-0.2, -0.15) is 0 Å². The van der Waals surface area contributed by atoms with Gasteiger partial charge in [-0.1, -0.05) is 18.2 Å². The van der Waals surface area contributed by atoms with Crippen LogP contribution in [-0.4, -0.2) is 26.3 Å². The Hall–Kier alpha value is -0.590. The maximum Gasteiger partial charge on any atom is 0.0642 e. The third-order valence-corrected chi connectivity index (χ3v) is 2.78. The highest BCUT2D eigenvalue weighted by molar-refractivity contribution is 7.28. The number of nitrogens with zero attached hydrogens (tertiary/aromatic N) is 1. The molecule has 3 heteroatoms. The summed E-state index contributed by atoms with van der Waals surface area (Å²) >= 11 is 0. The van der Waals surface area contributed by atoms with Crippen LogP contribution in [0.25, 0.3) is 0 Å². The predicted octanol–water partition coefficient (Wildman–Crippen LogP) is 1.02. The molecule has 1 aromatic carbocycles. The highest BCUT2D eigenvalue weighted by Gasteiger charge is 2.11. The Balaban J connectivity index is 2.18. The van der Waals surface area contributed by atoms with E-state index in [9.17, 15) is 0 Å². The highest BCUT2D eigenvalue weighted by atomic mass is 31.0. The molecule has 1 aliphatic rings. The van der Waals surface area contributed by atoms with E-state index in [1.807, 2.05) is 0 Å². The summed E-state index contributed by atoms with van der Waals surface area (Å²) < 4.78 is 5.31. The van der Waals surface area contributed by atoms with Crippen molar-refractivity contribution in [1.29, 1.82) is 0 Å². The molecule has 0 saturated carbocycles. The second kappa shape index (κ2) is 4.08. The summed E-state index contributed by atoms with van der Waals surface area (Å²) in [5.41, 5.74) is 1.32. The second-order valence-electron chi connectivity index (χ2n) is 3.16. The molecule has 13 heavy (non-hydrogen) atoms. The monoisotopic (exact) mass is 195 g/mol. The first-order valence-corrected chi connectivity index (χ1v) is 5.13. The Morgan fingerprint density at radius 3 is 2.54 bits per heavy atom. The van der Waals surface area contributed by atoms with Gasteiger partial charge in [0.05, 0.1) is 13.2 Å². The van der Waals surface area contributed by atoms with Gasteiger partial charge < -0.3 is 9.64 Å². The zero-order chi connectivity index (χ0) is 9.10. The number of benzene rings is 1. The molecule has 1 fully saturated rings. The van der Waals surface area contributed by atoms with Crippen molar-refractivity contribution in [3.05, 3.63) is 24.3 Å². The van der Waals surface area contributed by atoms with E-state index in [1.165, 1.54) is 11.0 Å². The van der Waals surface area contributed by atoms with Gasteiger partial charge in [0.25, 0.3) is 0 Å². The summed E-state index contributed by atoms with van der Waals surface area (Å²) in [6.45, 7) is 3.70. The molecule has 0 N–H and O–H groups in total. The summed E-state index contributed by atoms with van der Waals surface area (Å²) in [6.07, 6.45) is 0. The first-order chi connectivity index (χ1) is 6.38. The summed E-state index contributed by atoms with van der Waals surface area (Å²) in [7, 11) is 2.78. The van der Waals surface area contributed by atoms with Crippen molar-refractivity contribution in [2.24, 2.45) is 0 Å². The number of para-hydroxylation sites is 1. The van der Waals surface area contributed by atoms with E-state index in [4.69, 9.17) is 4.74 Å². The average Bonchev–Trinajstić information content (AvgIpc) is 2.20. The van der Waals surface area contributed by atoms with Crippen molar-refractivity contribution in [2.75, 3.05) is 31.2 Å². The second-order valence-corrected chi connectivity index (χ2v) is 3.78. The van der Waals surface area contributed by atoms with Crippen LogP contribution in [0.2, 0.25) is 0 Å². The fourth-order valence-electron chi connectivity index (χ4n) is 1.58. The lowest BCUT2D eigenvalue weighted by molar-refractivity contribution is 0.123. The molecule has 0 aliphatic carbocycles. The van der Waals surface area contributed by atoms with Crippen LogP contribution < -0.4 is 10.2 Å². The third-order valence-electron chi connectivity index (χ3n) is 2.29. The van der Waals surface area contributed by atoms with Crippen LogP contribution in [-0.2, 0) is 4.74 Å². The van der Waals surface area contributed by atoms with E-state index in [0.717, 1.165) is 26.3 Å². The van der Waals surface area contributed by atoms with Crippen LogP contribution in [0.5, 0.6) is 0 Å². The first-order valence-electron chi connectivity index (χ1n) is 4.55. The van der Waals surface area contributed by atoms with Gasteiger partial charge in [0.2, 0.25) is 0 Å². The lowest BCUT2D eigenvalue weighted by atomic mass is 10.2. The molecule has 1 heterocycles. The van der Waals surface area contributed by atoms with Gasteiger partial charge in [0.1, 0.15) is 0 Å². The molecule has 0 aromatic heterocycles. The Morgan fingerprint density at radius 2 is 1.85 bits per heavy atom. The number of hydrogen-bond acceptors (Lipinski definition) is 2. The van der Waals surface area contributed by atoms with Gasteiger partial charge in [0, 0.05) is 18.8 Å². The molecule has 0 radical (unpaired) electrons. The first kappa shape index (κ1) is 8.98. The molecule has 2 nitrogen and oxygen atoms in total. The zero-order valence-electron chi connectivity index (χ0n) is 7.57. The molecule has 0 bridgehead atoms. The standard InChI is InChI=1S/C10H14NOP/c13-10-4-2-1-3-9(10)11-5-7-12-8-6-11/h1-4H,5-8,13H2. The van der Waals surface area contributed by atoms with Gasteiger partial charge in [0.15, 0.2) is 0 Å². The summed E-state index contributed by atoms with van der Waals surface area (Å²) in [5.74, 6) is 0. The molecule has 70 valence electrons. The van der Waals surface area contributed by atoms with Gasteiger partial charge in [-0.15, -0.1) is 9.24 Å². The molecular weight excluding hydrogens is 181 g/mol. The lowest BCUT2D eigenvalue weighted by Crippen LogP contribution is -2.37. The fraction of sp³-hybridized carbons (Fsp3) is 0.400. The van der Waals surface area contributed by atoms with E-state index in [1.54, 1.807) is 0 Å². The number of anilines is 1. The van der Waals surface area contributed by atoms with Crippen LogP contribution in [0.4, 0.5) is 5.69 Å². The van der Waals surface area contributed by atoms with Crippen LogP contribution in [0, 0.1) is 0 Å². The van der Waals surface area contributed by atoms with Crippen molar-refractivity contribution in [3.8, 4) is 0 Å². The van der Waals surface area contributed by atoms with Crippen molar-refractivity contribution in [1.82, 2.24) is 0 Å². The maximum absolute atomic E-state index is 5.31. The number of ether oxygens (including phenoxy) is 1. The van der Waals surface area contributed by atoms with Crippen molar-refractivity contribution < 1.29 is 4.74 Å². The highest BCUT2D eigenvalue weighted by Crippen LogP contribution is 2.14. The molecular formula is C10H14NOP. The Labute approximate surface area is 81.1 Å². The van der Waals surface area contributed by atoms with E-state index in [-0.39, 0.29) is 0 Å². The Morgan fingerprint density at radius 1 is 1.15 bits per heavy atom.